The van der Waals surface area contributed by atoms with Crippen molar-refractivity contribution in [3.8, 4) is 0 Å². The summed E-state index contributed by atoms with van der Waals surface area (Å²) in [5, 5.41) is 0. The Morgan fingerprint density at radius 1 is 0.957 bits per heavy atom. The molecule has 4 heteroatoms. The summed E-state index contributed by atoms with van der Waals surface area (Å²) in [6.07, 6.45) is 4.43. The summed E-state index contributed by atoms with van der Waals surface area (Å²) in [6.45, 7) is 13.5. The first-order valence-corrected chi connectivity index (χ1v) is 9.06. The zero-order valence-corrected chi connectivity index (χ0v) is 15.9. The van der Waals surface area contributed by atoms with Crippen molar-refractivity contribution < 1.29 is 19.1 Å². The van der Waals surface area contributed by atoms with E-state index in [9.17, 15) is 9.59 Å². The molecule has 0 bridgehead atoms. The highest BCUT2D eigenvalue weighted by molar-refractivity contribution is 5.80. The van der Waals surface area contributed by atoms with Crippen LogP contribution in [-0.2, 0) is 19.1 Å². The molecule has 0 radical (unpaired) electrons. The fourth-order valence-electron chi connectivity index (χ4n) is 2.13. The lowest BCUT2D eigenvalue weighted by Gasteiger charge is -2.32. The van der Waals surface area contributed by atoms with Crippen molar-refractivity contribution in [2.75, 3.05) is 13.2 Å². The molecule has 136 valence electrons. The summed E-state index contributed by atoms with van der Waals surface area (Å²) in [5.41, 5.74) is -0.0296. The van der Waals surface area contributed by atoms with Gasteiger partial charge in [0.1, 0.15) is 0 Å². The van der Waals surface area contributed by atoms with Gasteiger partial charge in [0, 0.05) is 0 Å². The molecule has 4 nitrogen and oxygen atoms in total. The van der Waals surface area contributed by atoms with Crippen molar-refractivity contribution in [2.45, 2.75) is 80.1 Å². The number of carbonyl (C=O) groups is 2. The normalized spacial score (nSPS) is 13.0. The average Bonchev–Trinajstić information content (AvgIpc) is 2.46. The lowest BCUT2D eigenvalue weighted by Crippen LogP contribution is -2.30. The van der Waals surface area contributed by atoms with E-state index in [1.165, 1.54) is 0 Å². The van der Waals surface area contributed by atoms with Crippen LogP contribution in [-0.4, -0.2) is 25.2 Å². The van der Waals surface area contributed by atoms with Gasteiger partial charge in [-0.1, -0.05) is 54.4 Å². The molecular formula is C19H36O4. The van der Waals surface area contributed by atoms with Gasteiger partial charge in [-0.25, -0.2) is 0 Å². The van der Waals surface area contributed by atoms with Crippen molar-refractivity contribution in [2.24, 2.45) is 17.3 Å². The molecule has 1 unspecified atom stereocenters. The van der Waals surface area contributed by atoms with Crippen LogP contribution in [0.4, 0.5) is 0 Å². The molecule has 0 heterocycles. The number of esters is 2. The Hall–Kier alpha value is -1.06. The van der Waals surface area contributed by atoms with Crippen LogP contribution in [0.1, 0.15) is 80.1 Å². The first-order valence-electron chi connectivity index (χ1n) is 9.06. The van der Waals surface area contributed by atoms with Crippen LogP contribution in [0, 0.1) is 17.3 Å². The van der Waals surface area contributed by atoms with Crippen LogP contribution in [0.3, 0.4) is 0 Å². The summed E-state index contributed by atoms with van der Waals surface area (Å²) in [7, 11) is 0. The van der Waals surface area contributed by atoms with Gasteiger partial charge in [-0.2, -0.15) is 0 Å². The predicted octanol–water partition coefficient (Wildman–Crippen LogP) is 4.75. The second kappa shape index (κ2) is 11.5. The maximum Gasteiger partial charge on any atom is 0.309 e. The molecule has 0 rings (SSSR count). The van der Waals surface area contributed by atoms with Crippen LogP contribution >= 0.6 is 0 Å². The highest BCUT2D eigenvalue weighted by Gasteiger charge is 2.33. The van der Waals surface area contributed by atoms with Crippen LogP contribution < -0.4 is 0 Å². The molecule has 23 heavy (non-hydrogen) atoms. The fraction of sp³-hybridized carbons (Fsp3) is 0.895. The highest BCUT2D eigenvalue weighted by atomic mass is 16.5. The molecule has 0 N–H and O–H groups in total. The Labute approximate surface area is 142 Å². The van der Waals surface area contributed by atoms with Gasteiger partial charge in [-0.3, -0.25) is 9.59 Å². The van der Waals surface area contributed by atoms with Gasteiger partial charge in [0.05, 0.1) is 25.6 Å². The van der Waals surface area contributed by atoms with E-state index >= 15 is 0 Å². The fourth-order valence-corrected chi connectivity index (χ4v) is 2.13. The van der Waals surface area contributed by atoms with E-state index in [2.05, 4.69) is 34.6 Å². The van der Waals surface area contributed by atoms with Crippen LogP contribution in [0.15, 0.2) is 0 Å². The number of ether oxygens (including phenoxy) is 2. The van der Waals surface area contributed by atoms with Crippen molar-refractivity contribution >= 4 is 11.9 Å². The number of rotatable bonds is 12. The van der Waals surface area contributed by atoms with Crippen molar-refractivity contribution in [1.29, 1.82) is 0 Å². The third-order valence-electron chi connectivity index (χ3n) is 4.59. The van der Waals surface area contributed by atoms with E-state index in [1.807, 2.05) is 6.92 Å². The summed E-state index contributed by atoms with van der Waals surface area (Å²) >= 11 is 0. The highest BCUT2D eigenvalue weighted by Crippen LogP contribution is 2.35. The lowest BCUT2D eigenvalue weighted by molar-refractivity contribution is -0.156. The quantitative estimate of drug-likeness (QED) is 0.383. The minimum Gasteiger partial charge on any atom is -0.466 e. The molecule has 0 aromatic rings. The standard InChI is InChI=1S/C19H36O4/c1-7-9-11-22-17(20)13-16(14-19(5,6)15(3)4)18(21)23-12-10-8-2/h15-16H,7-14H2,1-6H3. The molecule has 0 aliphatic rings. The zero-order chi connectivity index (χ0) is 17.9. The molecule has 0 aromatic heterocycles. The Bertz CT molecular complexity index is 347. The molecule has 1 atom stereocenters. The second-order valence-corrected chi connectivity index (χ2v) is 7.34. The topological polar surface area (TPSA) is 52.6 Å². The monoisotopic (exact) mass is 328 g/mol. The van der Waals surface area contributed by atoms with E-state index in [0.29, 0.717) is 25.6 Å². The van der Waals surface area contributed by atoms with Gasteiger partial charge in [-0.05, 0) is 30.6 Å². The van der Waals surface area contributed by atoms with Crippen LogP contribution in [0.5, 0.6) is 0 Å². The first kappa shape index (κ1) is 21.9. The lowest BCUT2D eigenvalue weighted by atomic mass is 9.73. The van der Waals surface area contributed by atoms with Gasteiger partial charge in [0.2, 0.25) is 0 Å². The predicted molar refractivity (Wildman–Crippen MR) is 93.1 cm³/mol. The van der Waals surface area contributed by atoms with Gasteiger partial charge in [-0.15, -0.1) is 0 Å². The SMILES string of the molecule is CCCCOC(=O)CC(CC(C)(C)C(C)C)C(=O)OCCCC. The second-order valence-electron chi connectivity index (χ2n) is 7.34. The summed E-state index contributed by atoms with van der Waals surface area (Å²) in [6, 6.07) is 0. The van der Waals surface area contributed by atoms with Gasteiger partial charge in [0.25, 0.3) is 0 Å². The third kappa shape index (κ3) is 9.62. The average molecular weight is 328 g/mol. The molecule has 0 saturated heterocycles. The molecule has 0 aromatic carbocycles. The number of carbonyl (C=O) groups excluding carboxylic acids is 2. The summed E-state index contributed by atoms with van der Waals surface area (Å²) in [4.78, 5) is 24.3. The van der Waals surface area contributed by atoms with Gasteiger partial charge < -0.3 is 9.47 Å². The van der Waals surface area contributed by atoms with Crippen molar-refractivity contribution in [3.63, 3.8) is 0 Å². The Morgan fingerprint density at radius 2 is 1.48 bits per heavy atom. The first-order chi connectivity index (χ1) is 10.7. The zero-order valence-electron chi connectivity index (χ0n) is 15.9. The number of hydrogen-bond acceptors (Lipinski definition) is 4. The molecule has 0 amide bonds. The van der Waals surface area contributed by atoms with Gasteiger partial charge >= 0.3 is 11.9 Å². The largest absolute Gasteiger partial charge is 0.466 e. The smallest absolute Gasteiger partial charge is 0.309 e. The molecule has 0 fully saturated rings. The molecule has 0 spiro atoms. The summed E-state index contributed by atoms with van der Waals surface area (Å²) in [5.74, 6) is -0.557. The van der Waals surface area contributed by atoms with E-state index in [1.54, 1.807) is 0 Å². The number of unbranched alkanes of at least 4 members (excludes halogenated alkanes) is 2. The molecule has 0 aliphatic carbocycles. The Morgan fingerprint density at radius 3 is 1.96 bits per heavy atom. The van der Waals surface area contributed by atoms with E-state index in [4.69, 9.17) is 9.47 Å². The Kier molecular flexibility index (Phi) is 10.9. The summed E-state index contributed by atoms with van der Waals surface area (Å²) < 4.78 is 10.6. The van der Waals surface area contributed by atoms with Gasteiger partial charge in [0.15, 0.2) is 0 Å². The number of hydrogen-bond donors (Lipinski definition) is 0. The maximum atomic E-state index is 12.4. The van der Waals surface area contributed by atoms with Crippen LogP contribution in [0.25, 0.3) is 0 Å². The third-order valence-corrected chi connectivity index (χ3v) is 4.59. The van der Waals surface area contributed by atoms with Crippen LogP contribution in [0.2, 0.25) is 0 Å². The van der Waals surface area contributed by atoms with E-state index < -0.39 is 5.92 Å². The Balaban J connectivity index is 4.72. The minimum absolute atomic E-state index is 0.0296. The molecule has 0 saturated carbocycles. The molecule has 0 aliphatic heterocycles. The van der Waals surface area contributed by atoms with Crippen molar-refractivity contribution in [3.05, 3.63) is 0 Å². The maximum absolute atomic E-state index is 12.4. The van der Waals surface area contributed by atoms with E-state index in [-0.39, 0.29) is 23.8 Å². The minimum atomic E-state index is -0.418. The van der Waals surface area contributed by atoms with Crippen molar-refractivity contribution in [1.82, 2.24) is 0 Å². The molecular weight excluding hydrogens is 292 g/mol. The van der Waals surface area contributed by atoms with E-state index in [0.717, 1.165) is 25.7 Å².